The maximum atomic E-state index is 12.5. The summed E-state index contributed by atoms with van der Waals surface area (Å²) in [5.74, 6) is 0.223. The lowest BCUT2D eigenvalue weighted by Gasteiger charge is -2.09. The molecule has 0 aliphatic carbocycles. The van der Waals surface area contributed by atoms with Crippen LogP contribution in [0.1, 0.15) is 27.3 Å². The van der Waals surface area contributed by atoms with Gasteiger partial charge in [-0.25, -0.2) is 9.97 Å². The summed E-state index contributed by atoms with van der Waals surface area (Å²) < 4.78 is 0. The first kappa shape index (κ1) is 17.6. The van der Waals surface area contributed by atoms with Crippen molar-refractivity contribution in [3.63, 3.8) is 0 Å². The smallest absolute Gasteiger partial charge is 0.274 e. The van der Waals surface area contributed by atoms with E-state index in [-0.39, 0.29) is 5.91 Å². The number of anilines is 2. The number of hydrogen-bond donors (Lipinski definition) is 2. The molecule has 0 saturated carbocycles. The molecule has 0 atom stereocenters. The van der Waals surface area contributed by atoms with E-state index in [9.17, 15) is 4.79 Å². The van der Waals surface area contributed by atoms with E-state index in [2.05, 4.69) is 32.7 Å². The van der Waals surface area contributed by atoms with Crippen molar-refractivity contribution in [3.8, 4) is 0 Å². The number of aromatic nitrogens is 2. The van der Waals surface area contributed by atoms with Gasteiger partial charge in [-0.05, 0) is 44.0 Å². The minimum absolute atomic E-state index is 0.245. The molecule has 3 aromatic rings. The molecular weight excluding hydrogens is 324 g/mol. The molecule has 0 unspecified atom stereocenters. The van der Waals surface area contributed by atoms with Gasteiger partial charge in [0.25, 0.3) is 5.91 Å². The van der Waals surface area contributed by atoms with Gasteiger partial charge in [0, 0.05) is 17.9 Å². The second-order valence-corrected chi connectivity index (χ2v) is 6.20. The second-order valence-electron chi connectivity index (χ2n) is 6.20. The first-order valence-corrected chi connectivity index (χ1v) is 8.62. The van der Waals surface area contributed by atoms with Crippen molar-refractivity contribution >= 4 is 17.5 Å². The molecule has 2 aromatic carbocycles. The largest absolute Gasteiger partial charge is 0.354 e. The number of hydrogen-bond acceptors (Lipinski definition) is 4. The molecule has 26 heavy (non-hydrogen) atoms. The molecule has 1 aromatic heterocycles. The summed E-state index contributed by atoms with van der Waals surface area (Å²) in [4.78, 5) is 21.2. The topological polar surface area (TPSA) is 66.9 Å². The van der Waals surface area contributed by atoms with Gasteiger partial charge in [-0.2, -0.15) is 0 Å². The van der Waals surface area contributed by atoms with Crippen LogP contribution in [-0.2, 0) is 6.42 Å². The van der Waals surface area contributed by atoms with E-state index < -0.39 is 0 Å². The third-order valence-corrected chi connectivity index (χ3v) is 3.94. The predicted octanol–water partition coefficient (Wildman–Crippen LogP) is 4.00. The lowest BCUT2D eigenvalue weighted by atomic mass is 10.1. The van der Waals surface area contributed by atoms with Gasteiger partial charge in [0.05, 0.1) is 0 Å². The third kappa shape index (κ3) is 4.89. The summed E-state index contributed by atoms with van der Waals surface area (Å²) in [5, 5.41) is 6.06. The van der Waals surface area contributed by atoms with E-state index in [1.165, 1.54) is 5.56 Å². The summed E-state index contributed by atoms with van der Waals surface area (Å²) in [5.41, 5.74) is 4.22. The van der Waals surface area contributed by atoms with Gasteiger partial charge in [-0.1, -0.05) is 48.0 Å². The molecule has 0 fully saturated rings. The molecule has 0 radical (unpaired) electrons. The molecule has 5 heteroatoms. The number of amides is 1. The Kier molecular flexibility index (Phi) is 5.59. The predicted molar refractivity (Wildman–Crippen MR) is 105 cm³/mol. The van der Waals surface area contributed by atoms with Gasteiger partial charge in [-0.3, -0.25) is 4.79 Å². The first-order chi connectivity index (χ1) is 12.6. The fraction of sp³-hybridized carbons (Fsp3) is 0.190. The number of carbonyl (C=O) groups excluding carboxylic acids is 1. The highest BCUT2D eigenvalue weighted by molar-refractivity contribution is 6.03. The van der Waals surface area contributed by atoms with Gasteiger partial charge >= 0.3 is 0 Å². The number of nitrogens with zero attached hydrogens (tertiary/aromatic N) is 2. The van der Waals surface area contributed by atoms with Crippen molar-refractivity contribution in [3.05, 3.63) is 83.2 Å². The summed E-state index contributed by atoms with van der Waals surface area (Å²) in [7, 11) is 0. The van der Waals surface area contributed by atoms with Crippen molar-refractivity contribution < 1.29 is 4.79 Å². The standard InChI is InChI=1S/C21H22N4O/c1-15-8-10-18(11-9-15)24-20(26)19-14-16(2)23-21(25-19)22-13-12-17-6-4-3-5-7-17/h3-11,14H,12-13H2,1-2H3,(H,24,26)(H,22,23,25). The SMILES string of the molecule is Cc1ccc(NC(=O)c2cc(C)nc(NCCc3ccccc3)n2)cc1. The van der Waals surface area contributed by atoms with Crippen molar-refractivity contribution in [2.45, 2.75) is 20.3 Å². The third-order valence-electron chi connectivity index (χ3n) is 3.94. The van der Waals surface area contributed by atoms with Crippen molar-refractivity contribution in [2.24, 2.45) is 0 Å². The first-order valence-electron chi connectivity index (χ1n) is 8.62. The summed E-state index contributed by atoms with van der Waals surface area (Å²) in [6.45, 7) is 4.56. The van der Waals surface area contributed by atoms with Crippen LogP contribution in [-0.4, -0.2) is 22.4 Å². The van der Waals surface area contributed by atoms with E-state index in [1.54, 1.807) is 6.07 Å². The maximum absolute atomic E-state index is 12.5. The second kappa shape index (κ2) is 8.25. The van der Waals surface area contributed by atoms with Crippen LogP contribution in [0.2, 0.25) is 0 Å². The molecule has 0 saturated heterocycles. The minimum atomic E-state index is -0.245. The van der Waals surface area contributed by atoms with Crippen LogP contribution in [0.15, 0.2) is 60.7 Å². The fourth-order valence-corrected chi connectivity index (χ4v) is 2.56. The zero-order chi connectivity index (χ0) is 18.4. The highest BCUT2D eigenvalue weighted by Gasteiger charge is 2.11. The molecule has 5 nitrogen and oxygen atoms in total. The lowest BCUT2D eigenvalue weighted by molar-refractivity contribution is 0.102. The van der Waals surface area contributed by atoms with Crippen LogP contribution in [0.3, 0.4) is 0 Å². The number of nitrogens with one attached hydrogen (secondary N) is 2. The van der Waals surface area contributed by atoms with Gasteiger partial charge in [0.15, 0.2) is 0 Å². The number of rotatable bonds is 6. The van der Waals surface area contributed by atoms with Crippen LogP contribution >= 0.6 is 0 Å². The summed E-state index contributed by atoms with van der Waals surface area (Å²) >= 11 is 0. The number of carbonyl (C=O) groups is 1. The molecular formula is C21H22N4O. The fourth-order valence-electron chi connectivity index (χ4n) is 2.56. The molecule has 1 amide bonds. The van der Waals surface area contributed by atoms with Crippen molar-refractivity contribution in [1.82, 2.24) is 9.97 Å². The molecule has 0 bridgehead atoms. The van der Waals surface area contributed by atoms with Crippen LogP contribution < -0.4 is 10.6 Å². The Balaban J connectivity index is 1.64. The van der Waals surface area contributed by atoms with Gasteiger partial charge in [-0.15, -0.1) is 0 Å². The van der Waals surface area contributed by atoms with Gasteiger partial charge in [0.1, 0.15) is 5.69 Å². The zero-order valence-electron chi connectivity index (χ0n) is 15.0. The lowest BCUT2D eigenvalue weighted by Crippen LogP contribution is -2.16. The highest BCUT2D eigenvalue weighted by atomic mass is 16.1. The van der Waals surface area contributed by atoms with Crippen LogP contribution in [0, 0.1) is 13.8 Å². The molecule has 3 rings (SSSR count). The van der Waals surface area contributed by atoms with Gasteiger partial charge in [0.2, 0.25) is 5.95 Å². The Labute approximate surface area is 153 Å². The molecule has 0 spiro atoms. The molecule has 0 aliphatic rings. The Morgan fingerprint density at radius 2 is 1.69 bits per heavy atom. The summed E-state index contributed by atoms with van der Waals surface area (Å²) in [6, 6.07) is 19.6. The van der Waals surface area contributed by atoms with E-state index in [0.29, 0.717) is 18.2 Å². The maximum Gasteiger partial charge on any atom is 0.274 e. The van der Waals surface area contributed by atoms with Crippen LogP contribution in [0.25, 0.3) is 0 Å². The number of aryl methyl sites for hydroxylation is 2. The zero-order valence-corrected chi connectivity index (χ0v) is 15.0. The molecule has 0 aliphatic heterocycles. The Hall–Kier alpha value is -3.21. The Morgan fingerprint density at radius 3 is 2.42 bits per heavy atom. The normalized spacial score (nSPS) is 10.4. The average Bonchev–Trinajstić information content (AvgIpc) is 2.64. The van der Waals surface area contributed by atoms with Crippen molar-refractivity contribution in [2.75, 3.05) is 17.2 Å². The summed E-state index contributed by atoms with van der Waals surface area (Å²) in [6.07, 6.45) is 0.864. The monoisotopic (exact) mass is 346 g/mol. The van der Waals surface area contributed by atoms with E-state index in [0.717, 1.165) is 23.4 Å². The Morgan fingerprint density at radius 1 is 0.962 bits per heavy atom. The minimum Gasteiger partial charge on any atom is -0.354 e. The quantitative estimate of drug-likeness (QED) is 0.708. The highest BCUT2D eigenvalue weighted by Crippen LogP contribution is 2.12. The Bertz CT molecular complexity index is 876. The van der Waals surface area contributed by atoms with Crippen LogP contribution in [0.4, 0.5) is 11.6 Å². The number of benzene rings is 2. The van der Waals surface area contributed by atoms with Crippen LogP contribution in [0.5, 0.6) is 0 Å². The average molecular weight is 346 g/mol. The van der Waals surface area contributed by atoms with Crippen molar-refractivity contribution in [1.29, 1.82) is 0 Å². The van der Waals surface area contributed by atoms with E-state index >= 15 is 0 Å². The molecule has 1 heterocycles. The molecule has 132 valence electrons. The van der Waals surface area contributed by atoms with E-state index in [1.807, 2.05) is 56.3 Å². The van der Waals surface area contributed by atoms with Gasteiger partial charge < -0.3 is 10.6 Å². The van der Waals surface area contributed by atoms with E-state index in [4.69, 9.17) is 0 Å². The molecule has 2 N–H and O–H groups in total.